The van der Waals surface area contributed by atoms with Crippen molar-refractivity contribution in [1.29, 1.82) is 0 Å². The summed E-state index contributed by atoms with van der Waals surface area (Å²) >= 11 is 3.46. The first-order chi connectivity index (χ1) is 12.7. The number of hydrogen-bond acceptors (Lipinski definition) is 3. The second-order valence-electron chi connectivity index (χ2n) is 6.78. The lowest BCUT2D eigenvalue weighted by Crippen LogP contribution is -2.30. The molecule has 0 saturated carbocycles. The molecule has 1 atom stereocenters. The number of benzene rings is 2. The van der Waals surface area contributed by atoms with Gasteiger partial charge in [0.1, 0.15) is 5.75 Å². The highest BCUT2D eigenvalue weighted by Gasteiger charge is 2.17. The number of carbonyl (C=O) groups excluding carboxylic acids is 2. The quantitative estimate of drug-likeness (QED) is 0.746. The van der Waals surface area contributed by atoms with E-state index in [2.05, 4.69) is 21.2 Å². The second kappa shape index (κ2) is 9.04. The van der Waals surface area contributed by atoms with Gasteiger partial charge in [0.25, 0.3) is 5.91 Å². The summed E-state index contributed by atoms with van der Waals surface area (Å²) in [6.45, 7) is 5.62. The zero-order valence-electron chi connectivity index (χ0n) is 16.3. The topological polar surface area (TPSA) is 58.6 Å². The maximum atomic E-state index is 12.5. The molecular weight excluding hydrogens is 408 g/mol. The molecule has 0 fully saturated rings. The van der Waals surface area contributed by atoms with Gasteiger partial charge in [-0.15, -0.1) is 0 Å². The average Bonchev–Trinajstić information content (AvgIpc) is 2.59. The molecule has 0 saturated heterocycles. The van der Waals surface area contributed by atoms with Crippen LogP contribution in [0.5, 0.6) is 5.75 Å². The smallest absolute Gasteiger partial charge is 0.265 e. The van der Waals surface area contributed by atoms with Crippen molar-refractivity contribution in [2.75, 3.05) is 19.4 Å². The third kappa shape index (κ3) is 5.82. The number of ether oxygens (including phenoxy) is 1. The Morgan fingerprint density at radius 2 is 1.67 bits per heavy atom. The van der Waals surface area contributed by atoms with Crippen molar-refractivity contribution in [3.63, 3.8) is 0 Å². The maximum Gasteiger partial charge on any atom is 0.265 e. The molecule has 0 spiro atoms. The van der Waals surface area contributed by atoms with E-state index in [1.807, 2.05) is 38.1 Å². The van der Waals surface area contributed by atoms with Gasteiger partial charge in [-0.2, -0.15) is 0 Å². The molecular formula is C21H25BrN2O3. The van der Waals surface area contributed by atoms with E-state index in [0.717, 1.165) is 26.9 Å². The molecule has 2 aromatic rings. The number of halogens is 1. The number of nitrogens with one attached hydrogen (secondary N) is 1. The number of anilines is 1. The fourth-order valence-electron chi connectivity index (χ4n) is 2.60. The van der Waals surface area contributed by atoms with Gasteiger partial charge in [-0.3, -0.25) is 9.59 Å². The Morgan fingerprint density at radius 1 is 1.11 bits per heavy atom. The minimum Gasteiger partial charge on any atom is -0.480 e. The Balaban J connectivity index is 1.99. The minimum absolute atomic E-state index is 0.0362. The van der Waals surface area contributed by atoms with Gasteiger partial charge < -0.3 is 15.0 Å². The van der Waals surface area contributed by atoms with Gasteiger partial charge in [0.2, 0.25) is 5.91 Å². The molecule has 27 heavy (non-hydrogen) atoms. The van der Waals surface area contributed by atoms with E-state index in [9.17, 15) is 9.59 Å². The van der Waals surface area contributed by atoms with Crippen molar-refractivity contribution in [3.05, 3.63) is 57.6 Å². The lowest BCUT2D eigenvalue weighted by atomic mass is 10.1. The molecule has 0 aliphatic heterocycles. The van der Waals surface area contributed by atoms with Crippen molar-refractivity contribution in [2.24, 2.45) is 0 Å². The number of nitrogens with zero attached hydrogens (tertiary/aromatic N) is 1. The van der Waals surface area contributed by atoms with E-state index in [1.54, 1.807) is 38.1 Å². The van der Waals surface area contributed by atoms with Gasteiger partial charge >= 0.3 is 0 Å². The number of carbonyl (C=O) groups is 2. The molecule has 1 N–H and O–H groups in total. The molecule has 0 radical (unpaired) electrons. The second-order valence-corrected chi connectivity index (χ2v) is 7.70. The molecule has 5 nitrogen and oxygen atoms in total. The van der Waals surface area contributed by atoms with E-state index < -0.39 is 6.10 Å². The predicted octanol–water partition coefficient (Wildman–Crippen LogP) is 4.10. The number of likely N-dealkylation sites (N-methyl/N-ethyl adjacent to an activating group) is 1. The van der Waals surface area contributed by atoms with Crippen LogP contribution in [0, 0.1) is 13.8 Å². The Hall–Kier alpha value is -2.34. The van der Waals surface area contributed by atoms with Crippen LogP contribution in [0.15, 0.2) is 40.9 Å². The number of hydrogen-bond donors (Lipinski definition) is 1. The van der Waals surface area contributed by atoms with Gasteiger partial charge in [-0.25, -0.2) is 0 Å². The number of aryl methyl sites for hydroxylation is 2. The molecule has 0 bridgehead atoms. The Kier molecular flexibility index (Phi) is 7.02. The summed E-state index contributed by atoms with van der Waals surface area (Å²) in [5.41, 5.74) is 3.51. The zero-order chi connectivity index (χ0) is 20.1. The molecule has 1 unspecified atom stereocenters. The fourth-order valence-corrected chi connectivity index (χ4v) is 3.28. The summed E-state index contributed by atoms with van der Waals surface area (Å²) in [6.07, 6.45) is -0.304. The highest BCUT2D eigenvalue weighted by atomic mass is 79.9. The first-order valence-corrected chi connectivity index (χ1v) is 9.50. The van der Waals surface area contributed by atoms with Gasteiger partial charge in [-0.1, -0.05) is 28.1 Å². The van der Waals surface area contributed by atoms with Crippen LogP contribution in [0.4, 0.5) is 5.69 Å². The van der Waals surface area contributed by atoms with Crippen LogP contribution in [0.1, 0.15) is 23.6 Å². The normalized spacial score (nSPS) is 11.6. The minimum atomic E-state index is -0.640. The van der Waals surface area contributed by atoms with E-state index >= 15 is 0 Å². The summed E-state index contributed by atoms with van der Waals surface area (Å²) in [5, 5.41) is 2.85. The molecule has 0 heterocycles. The van der Waals surface area contributed by atoms with Crippen molar-refractivity contribution < 1.29 is 14.3 Å². The van der Waals surface area contributed by atoms with Crippen LogP contribution >= 0.6 is 15.9 Å². The Morgan fingerprint density at radius 3 is 2.19 bits per heavy atom. The van der Waals surface area contributed by atoms with Crippen molar-refractivity contribution in [1.82, 2.24) is 4.90 Å². The monoisotopic (exact) mass is 432 g/mol. The molecule has 6 heteroatoms. The molecule has 2 aromatic carbocycles. The summed E-state index contributed by atoms with van der Waals surface area (Å²) < 4.78 is 6.87. The third-order valence-corrected chi connectivity index (χ3v) is 4.62. The van der Waals surface area contributed by atoms with Crippen LogP contribution in [-0.2, 0) is 16.0 Å². The van der Waals surface area contributed by atoms with Gasteiger partial charge in [0.15, 0.2) is 6.10 Å². The Labute approximate surface area is 168 Å². The van der Waals surface area contributed by atoms with E-state index in [-0.39, 0.29) is 11.8 Å². The van der Waals surface area contributed by atoms with E-state index in [4.69, 9.17) is 4.74 Å². The molecule has 2 amide bonds. The largest absolute Gasteiger partial charge is 0.480 e. The molecule has 0 aliphatic carbocycles. The zero-order valence-corrected chi connectivity index (χ0v) is 17.9. The first-order valence-electron chi connectivity index (χ1n) is 8.70. The van der Waals surface area contributed by atoms with Crippen molar-refractivity contribution in [2.45, 2.75) is 33.3 Å². The fraction of sp³-hybridized carbons (Fsp3) is 0.333. The molecule has 0 aliphatic rings. The van der Waals surface area contributed by atoms with Crippen LogP contribution in [-0.4, -0.2) is 36.9 Å². The van der Waals surface area contributed by atoms with Gasteiger partial charge in [0, 0.05) is 24.3 Å². The summed E-state index contributed by atoms with van der Waals surface area (Å²) in [5.74, 6) is 0.529. The van der Waals surface area contributed by atoms with E-state index in [0.29, 0.717) is 12.1 Å². The van der Waals surface area contributed by atoms with Crippen LogP contribution in [0.3, 0.4) is 0 Å². The summed E-state index contributed by atoms with van der Waals surface area (Å²) in [7, 11) is 3.46. The highest BCUT2D eigenvalue weighted by Crippen LogP contribution is 2.28. The molecule has 144 valence electrons. The standard InChI is InChI=1S/C21H25BrN2O3/c1-13-10-17(22)11-14(2)20(13)27-15(3)21(26)23-18-8-6-16(7-9-18)12-19(25)24(4)5/h6-11,15H,12H2,1-5H3,(H,23,26). The van der Waals surface area contributed by atoms with Gasteiger partial charge in [-0.05, 0) is 61.7 Å². The van der Waals surface area contributed by atoms with Crippen molar-refractivity contribution in [3.8, 4) is 5.75 Å². The van der Waals surface area contributed by atoms with Crippen LogP contribution in [0.25, 0.3) is 0 Å². The van der Waals surface area contributed by atoms with Crippen molar-refractivity contribution >= 4 is 33.4 Å². The first kappa shape index (κ1) is 21.0. The molecule has 0 aromatic heterocycles. The summed E-state index contributed by atoms with van der Waals surface area (Å²) in [4.78, 5) is 25.8. The molecule has 2 rings (SSSR count). The maximum absolute atomic E-state index is 12.5. The predicted molar refractivity (Wildman–Crippen MR) is 111 cm³/mol. The SMILES string of the molecule is Cc1cc(Br)cc(C)c1OC(C)C(=O)Nc1ccc(CC(=O)N(C)C)cc1. The lowest BCUT2D eigenvalue weighted by molar-refractivity contribution is -0.128. The highest BCUT2D eigenvalue weighted by molar-refractivity contribution is 9.10. The Bertz CT molecular complexity index is 809. The number of rotatable bonds is 6. The number of amides is 2. The third-order valence-electron chi connectivity index (χ3n) is 4.16. The summed E-state index contributed by atoms with van der Waals surface area (Å²) in [6, 6.07) is 11.2. The average molecular weight is 433 g/mol. The van der Waals surface area contributed by atoms with Crippen LogP contribution < -0.4 is 10.1 Å². The lowest BCUT2D eigenvalue weighted by Gasteiger charge is -2.18. The van der Waals surface area contributed by atoms with Gasteiger partial charge in [0.05, 0.1) is 6.42 Å². The van der Waals surface area contributed by atoms with Crippen LogP contribution in [0.2, 0.25) is 0 Å². The van der Waals surface area contributed by atoms with E-state index in [1.165, 1.54) is 0 Å².